The first-order chi connectivity index (χ1) is 9.67. The molecule has 118 valence electrons. The van der Waals surface area contributed by atoms with Crippen LogP contribution in [-0.4, -0.2) is 25.0 Å². The highest BCUT2D eigenvalue weighted by molar-refractivity contribution is 5.81. The Balaban J connectivity index is 2.10. The highest BCUT2D eigenvalue weighted by Gasteiger charge is 2.21. The largest absolute Gasteiger partial charge is 0.355 e. The van der Waals surface area contributed by atoms with Crippen LogP contribution in [0.15, 0.2) is 0 Å². The first kappa shape index (κ1) is 17.5. The predicted octanol–water partition coefficient (Wildman–Crippen LogP) is 3.49. The fraction of sp³-hybridized carbons (Fsp3) is 0.941. The molecule has 1 unspecified atom stereocenters. The number of nitrogens with one attached hydrogen (secondary N) is 2. The Hall–Kier alpha value is -0.570. The summed E-state index contributed by atoms with van der Waals surface area (Å²) in [6.07, 6.45) is 10.2. The molecule has 1 atom stereocenters. The van der Waals surface area contributed by atoms with Crippen LogP contribution in [0.25, 0.3) is 0 Å². The maximum Gasteiger partial charge on any atom is 0.236 e. The van der Waals surface area contributed by atoms with Gasteiger partial charge >= 0.3 is 0 Å². The summed E-state index contributed by atoms with van der Waals surface area (Å²) in [6.45, 7) is 8.28. The van der Waals surface area contributed by atoms with Crippen molar-refractivity contribution in [1.82, 2.24) is 10.6 Å². The molecular formula is C17H34N2O. The van der Waals surface area contributed by atoms with Crippen molar-refractivity contribution in [3.8, 4) is 0 Å². The number of amides is 1. The van der Waals surface area contributed by atoms with Gasteiger partial charge in [-0.2, -0.15) is 0 Å². The van der Waals surface area contributed by atoms with E-state index in [0.29, 0.717) is 0 Å². The van der Waals surface area contributed by atoms with Crippen LogP contribution in [0, 0.1) is 11.8 Å². The van der Waals surface area contributed by atoms with Crippen molar-refractivity contribution in [2.24, 2.45) is 11.8 Å². The number of hydrogen-bond donors (Lipinski definition) is 2. The van der Waals surface area contributed by atoms with Gasteiger partial charge in [-0.15, -0.1) is 0 Å². The van der Waals surface area contributed by atoms with Crippen LogP contribution in [0.5, 0.6) is 0 Å². The van der Waals surface area contributed by atoms with Crippen molar-refractivity contribution in [1.29, 1.82) is 0 Å². The smallest absolute Gasteiger partial charge is 0.236 e. The zero-order chi connectivity index (χ0) is 14.8. The summed E-state index contributed by atoms with van der Waals surface area (Å²) in [5.74, 6) is 1.88. The summed E-state index contributed by atoms with van der Waals surface area (Å²) in [6, 6.07) is -0.0551. The normalized spacial score (nSPS) is 24.4. The molecule has 1 aliphatic carbocycles. The van der Waals surface area contributed by atoms with Gasteiger partial charge in [-0.05, 0) is 44.6 Å². The lowest BCUT2D eigenvalue weighted by molar-refractivity contribution is -0.122. The fourth-order valence-electron chi connectivity index (χ4n) is 3.02. The van der Waals surface area contributed by atoms with E-state index in [1.165, 1.54) is 44.9 Å². The van der Waals surface area contributed by atoms with Crippen LogP contribution in [0.3, 0.4) is 0 Å². The number of carbonyl (C=O) groups excluding carboxylic acids is 1. The lowest BCUT2D eigenvalue weighted by atomic mass is 9.81. The van der Waals surface area contributed by atoms with E-state index in [4.69, 9.17) is 0 Å². The molecule has 1 amide bonds. The molecule has 0 aliphatic heterocycles. The van der Waals surface area contributed by atoms with Gasteiger partial charge in [0, 0.05) is 6.54 Å². The molecule has 0 aromatic rings. The lowest BCUT2D eigenvalue weighted by Crippen LogP contribution is -2.44. The van der Waals surface area contributed by atoms with Crippen molar-refractivity contribution in [2.75, 3.05) is 13.1 Å². The Kier molecular flexibility index (Phi) is 8.92. The van der Waals surface area contributed by atoms with Crippen LogP contribution in [-0.2, 0) is 4.79 Å². The van der Waals surface area contributed by atoms with Crippen molar-refractivity contribution in [3.05, 3.63) is 0 Å². The van der Waals surface area contributed by atoms with Crippen LogP contribution in [0.4, 0.5) is 0 Å². The van der Waals surface area contributed by atoms with Gasteiger partial charge in [0.2, 0.25) is 5.91 Å². The van der Waals surface area contributed by atoms with E-state index < -0.39 is 0 Å². The molecule has 1 aliphatic rings. The third-order valence-electron chi connectivity index (χ3n) is 4.73. The highest BCUT2D eigenvalue weighted by atomic mass is 16.2. The maximum atomic E-state index is 11.9. The highest BCUT2D eigenvalue weighted by Crippen LogP contribution is 2.30. The van der Waals surface area contributed by atoms with Crippen LogP contribution in [0.1, 0.15) is 72.1 Å². The third-order valence-corrected chi connectivity index (χ3v) is 4.73. The summed E-state index contributed by atoms with van der Waals surface area (Å²) < 4.78 is 0. The minimum absolute atomic E-state index is 0.0551. The summed E-state index contributed by atoms with van der Waals surface area (Å²) in [5, 5.41) is 6.43. The number of hydrogen-bond acceptors (Lipinski definition) is 2. The molecule has 0 bridgehead atoms. The maximum absolute atomic E-state index is 11.9. The van der Waals surface area contributed by atoms with Gasteiger partial charge in [0.25, 0.3) is 0 Å². The van der Waals surface area contributed by atoms with Crippen molar-refractivity contribution >= 4 is 5.91 Å². The Morgan fingerprint density at radius 1 is 1.10 bits per heavy atom. The summed E-state index contributed by atoms with van der Waals surface area (Å²) in [7, 11) is 0. The summed E-state index contributed by atoms with van der Waals surface area (Å²) >= 11 is 0. The molecule has 2 N–H and O–H groups in total. The van der Waals surface area contributed by atoms with E-state index in [1.54, 1.807) is 0 Å². The number of rotatable bonds is 9. The van der Waals surface area contributed by atoms with E-state index in [-0.39, 0.29) is 11.9 Å². The standard InChI is InChI=1S/C17H34N2O/c1-4-6-7-12-18-17(20)14(3)19-13-16-10-8-15(5-2)9-11-16/h14-16,19H,4-13H2,1-3H3,(H,18,20). The number of carbonyl (C=O) groups is 1. The van der Waals surface area contributed by atoms with E-state index in [2.05, 4.69) is 24.5 Å². The van der Waals surface area contributed by atoms with Gasteiger partial charge in [0.05, 0.1) is 6.04 Å². The molecule has 0 aromatic heterocycles. The molecule has 0 heterocycles. The topological polar surface area (TPSA) is 41.1 Å². The molecule has 3 heteroatoms. The predicted molar refractivity (Wildman–Crippen MR) is 85.7 cm³/mol. The Morgan fingerprint density at radius 3 is 2.35 bits per heavy atom. The first-order valence-corrected chi connectivity index (χ1v) is 8.68. The van der Waals surface area contributed by atoms with Gasteiger partial charge in [0.1, 0.15) is 0 Å². The molecule has 1 saturated carbocycles. The zero-order valence-electron chi connectivity index (χ0n) is 13.7. The van der Waals surface area contributed by atoms with Gasteiger partial charge in [-0.3, -0.25) is 4.79 Å². The van der Waals surface area contributed by atoms with Crippen LogP contribution >= 0.6 is 0 Å². The fourth-order valence-corrected chi connectivity index (χ4v) is 3.02. The van der Waals surface area contributed by atoms with E-state index in [0.717, 1.165) is 31.3 Å². The average molecular weight is 282 g/mol. The van der Waals surface area contributed by atoms with E-state index in [9.17, 15) is 4.79 Å². The van der Waals surface area contributed by atoms with Gasteiger partial charge in [-0.1, -0.05) is 46.0 Å². The molecule has 0 aromatic carbocycles. The minimum atomic E-state index is -0.0551. The molecule has 0 radical (unpaired) electrons. The lowest BCUT2D eigenvalue weighted by Gasteiger charge is -2.28. The first-order valence-electron chi connectivity index (χ1n) is 8.68. The van der Waals surface area contributed by atoms with Crippen LogP contribution < -0.4 is 10.6 Å². The van der Waals surface area contributed by atoms with Gasteiger partial charge in [-0.25, -0.2) is 0 Å². The summed E-state index contributed by atoms with van der Waals surface area (Å²) in [5.41, 5.74) is 0. The SMILES string of the molecule is CCCCCNC(=O)C(C)NCC1CCC(CC)CC1. The molecule has 1 fully saturated rings. The third kappa shape index (κ3) is 6.74. The Labute approximate surface area is 125 Å². The van der Waals surface area contributed by atoms with E-state index >= 15 is 0 Å². The van der Waals surface area contributed by atoms with E-state index in [1.807, 2.05) is 6.92 Å². The Morgan fingerprint density at radius 2 is 1.75 bits per heavy atom. The molecule has 20 heavy (non-hydrogen) atoms. The van der Waals surface area contributed by atoms with Crippen molar-refractivity contribution < 1.29 is 4.79 Å². The van der Waals surface area contributed by atoms with Crippen molar-refractivity contribution in [2.45, 2.75) is 78.2 Å². The molecule has 1 rings (SSSR count). The van der Waals surface area contributed by atoms with Gasteiger partial charge in [0.15, 0.2) is 0 Å². The van der Waals surface area contributed by atoms with Crippen LogP contribution in [0.2, 0.25) is 0 Å². The second-order valence-electron chi connectivity index (χ2n) is 6.42. The summed E-state index contributed by atoms with van der Waals surface area (Å²) in [4.78, 5) is 11.9. The molecule has 0 saturated heterocycles. The molecular weight excluding hydrogens is 248 g/mol. The van der Waals surface area contributed by atoms with Crippen molar-refractivity contribution in [3.63, 3.8) is 0 Å². The quantitative estimate of drug-likeness (QED) is 0.636. The second kappa shape index (κ2) is 10.2. The zero-order valence-corrected chi connectivity index (χ0v) is 13.7. The molecule has 3 nitrogen and oxygen atoms in total. The molecule has 0 spiro atoms. The average Bonchev–Trinajstić information content (AvgIpc) is 2.49. The van der Waals surface area contributed by atoms with Gasteiger partial charge < -0.3 is 10.6 Å². The minimum Gasteiger partial charge on any atom is -0.355 e. The number of unbranched alkanes of at least 4 members (excludes halogenated alkanes) is 2. The second-order valence-corrected chi connectivity index (χ2v) is 6.42. The Bertz CT molecular complexity index is 260. The monoisotopic (exact) mass is 282 g/mol.